The molecular formula is C15H26N2O2. The largest absolute Gasteiger partial charge is 0.429 e. The summed E-state index contributed by atoms with van der Waals surface area (Å²) in [6, 6.07) is 7.85. The van der Waals surface area contributed by atoms with Crippen molar-refractivity contribution < 1.29 is 9.53 Å². The quantitative estimate of drug-likeness (QED) is 0.766. The Kier molecular flexibility index (Phi) is 8.83. The normalized spacial score (nSPS) is 11.8. The van der Waals surface area contributed by atoms with E-state index >= 15 is 0 Å². The van der Waals surface area contributed by atoms with Crippen LogP contribution in [0.1, 0.15) is 25.5 Å². The van der Waals surface area contributed by atoms with E-state index in [4.69, 9.17) is 4.74 Å². The van der Waals surface area contributed by atoms with Gasteiger partial charge >= 0.3 is 0 Å². The summed E-state index contributed by atoms with van der Waals surface area (Å²) < 4.78 is 4.78. The summed E-state index contributed by atoms with van der Waals surface area (Å²) in [5.74, 6) is 0.589. The molecule has 0 spiro atoms. The van der Waals surface area contributed by atoms with E-state index < -0.39 is 0 Å². The topological polar surface area (TPSA) is 32.8 Å². The molecule has 108 valence electrons. The van der Waals surface area contributed by atoms with Crippen LogP contribution >= 0.6 is 0 Å². The zero-order valence-electron chi connectivity index (χ0n) is 12.9. The van der Waals surface area contributed by atoms with Gasteiger partial charge in [-0.25, -0.2) is 0 Å². The van der Waals surface area contributed by atoms with Crippen molar-refractivity contribution in [1.29, 1.82) is 0 Å². The molecule has 0 heterocycles. The van der Waals surface area contributed by atoms with Crippen molar-refractivity contribution in [3.05, 3.63) is 29.8 Å². The zero-order chi connectivity index (χ0) is 14.8. The molecule has 1 unspecified atom stereocenters. The van der Waals surface area contributed by atoms with Gasteiger partial charge in [0.1, 0.15) is 5.75 Å². The van der Waals surface area contributed by atoms with Gasteiger partial charge in [-0.3, -0.25) is 4.79 Å². The molecule has 0 aromatic heterocycles. The van der Waals surface area contributed by atoms with Gasteiger partial charge in [0.25, 0.3) is 6.47 Å². The minimum absolute atomic E-state index is 0.310. The Morgan fingerprint density at radius 2 is 1.84 bits per heavy atom. The van der Waals surface area contributed by atoms with Crippen LogP contribution in [0.4, 0.5) is 0 Å². The van der Waals surface area contributed by atoms with Crippen molar-refractivity contribution in [1.82, 2.24) is 9.80 Å². The van der Waals surface area contributed by atoms with Crippen LogP contribution in [0, 0.1) is 0 Å². The van der Waals surface area contributed by atoms with Gasteiger partial charge in [-0.2, -0.15) is 0 Å². The molecule has 0 saturated carbocycles. The summed E-state index contributed by atoms with van der Waals surface area (Å²) in [6.45, 7) is 5.81. The van der Waals surface area contributed by atoms with Gasteiger partial charge in [0.2, 0.25) is 0 Å². The van der Waals surface area contributed by atoms with Crippen LogP contribution in [-0.2, 0) is 4.79 Å². The third-order valence-electron chi connectivity index (χ3n) is 2.93. The number of carbonyl (C=O) groups is 1. The minimum atomic E-state index is 0.310. The van der Waals surface area contributed by atoms with Crippen molar-refractivity contribution in [2.24, 2.45) is 0 Å². The first kappa shape index (κ1) is 17.6. The fourth-order valence-electron chi connectivity index (χ4n) is 1.20. The minimum Gasteiger partial charge on any atom is -0.429 e. The third kappa shape index (κ3) is 7.59. The van der Waals surface area contributed by atoms with E-state index in [2.05, 4.69) is 37.7 Å². The van der Waals surface area contributed by atoms with Gasteiger partial charge < -0.3 is 14.5 Å². The van der Waals surface area contributed by atoms with E-state index in [-0.39, 0.29) is 0 Å². The average molecular weight is 266 g/mol. The molecule has 19 heavy (non-hydrogen) atoms. The number of carbonyl (C=O) groups excluding carboxylic acids is 1. The summed E-state index contributed by atoms with van der Waals surface area (Å²) in [4.78, 5) is 14.4. The molecule has 1 aromatic carbocycles. The predicted octanol–water partition coefficient (Wildman–Crippen LogP) is 2.41. The number of hydrogen-bond acceptors (Lipinski definition) is 4. The zero-order valence-corrected chi connectivity index (χ0v) is 12.9. The predicted molar refractivity (Wildman–Crippen MR) is 79.5 cm³/mol. The lowest BCUT2D eigenvalue weighted by Crippen LogP contribution is -2.16. The molecule has 4 nitrogen and oxygen atoms in total. The summed E-state index contributed by atoms with van der Waals surface area (Å²) in [7, 11) is 8.13. The number of hydrogen-bond donors (Lipinski definition) is 0. The lowest BCUT2D eigenvalue weighted by Gasteiger charge is -2.20. The molecule has 0 aliphatic heterocycles. The Balaban J connectivity index is 0.000000555. The number of nitrogens with zero attached hydrogens (tertiary/aromatic N) is 2. The van der Waals surface area contributed by atoms with Gasteiger partial charge in [0.05, 0.1) is 0 Å². The van der Waals surface area contributed by atoms with E-state index in [0.717, 1.165) is 12.1 Å². The van der Waals surface area contributed by atoms with Gasteiger partial charge in [-0.15, -0.1) is 0 Å². The van der Waals surface area contributed by atoms with E-state index in [1.54, 1.807) is 6.07 Å². The van der Waals surface area contributed by atoms with Crippen LogP contribution in [0.5, 0.6) is 5.75 Å². The van der Waals surface area contributed by atoms with Crippen LogP contribution in [0.25, 0.3) is 0 Å². The molecule has 0 saturated heterocycles. The van der Waals surface area contributed by atoms with Crippen LogP contribution in [0.15, 0.2) is 24.3 Å². The number of benzene rings is 1. The second kappa shape index (κ2) is 9.53. The van der Waals surface area contributed by atoms with Crippen LogP contribution in [0.3, 0.4) is 0 Å². The van der Waals surface area contributed by atoms with Gasteiger partial charge in [-0.1, -0.05) is 19.1 Å². The highest BCUT2D eigenvalue weighted by atomic mass is 16.5. The molecule has 1 rings (SSSR count). The summed E-state index contributed by atoms with van der Waals surface area (Å²) >= 11 is 0. The number of ether oxygens (including phenoxy) is 1. The second-order valence-corrected chi connectivity index (χ2v) is 4.82. The molecule has 0 bridgehead atoms. The van der Waals surface area contributed by atoms with Crippen LogP contribution in [0.2, 0.25) is 0 Å². The maximum absolute atomic E-state index is 10.2. The first-order chi connectivity index (χ1) is 8.92. The maximum atomic E-state index is 10.2. The second-order valence-electron chi connectivity index (χ2n) is 4.82. The van der Waals surface area contributed by atoms with Gasteiger partial charge in [0, 0.05) is 6.04 Å². The molecular weight excluding hydrogens is 240 g/mol. The summed E-state index contributed by atoms with van der Waals surface area (Å²) in [5, 5.41) is 0. The summed E-state index contributed by atoms with van der Waals surface area (Å²) in [6.07, 6.45) is 0. The van der Waals surface area contributed by atoms with Crippen molar-refractivity contribution in [2.75, 3.05) is 34.7 Å². The average Bonchev–Trinajstić information content (AvgIpc) is 2.39. The fraction of sp³-hybridized carbons (Fsp3) is 0.533. The Morgan fingerprint density at radius 3 is 2.26 bits per heavy atom. The summed E-state index contributed by atoms with van der Waals surface area (Å²) in [5.41, 5.74) is 1.13. The Morgan fingerprint density at radius 1 is 1.26 bits per heavy atom. The SMILES string of the molecule is CC(c1cccc(OC=O)c1)N(C)C.CCN(C)C. The van der Waals surface area contributed by atoms with Crippen molar-refractivity contribution in [3.8, 4) is 5.75 Å². The van der Waals surface area contributed by atoms with E-state index in [0.29, 0.717) is 18.3 Å². The molecule has 0 aliphatic rings. The molecule has 0 radical (unpaired) electrons. The Bertz CT molecular complexity index is 365. The van der Waals surface area contributed by atoms with Gasteiger partial charge in [-0.05, 0) is 59.4 Å². The molecule has 0 amide bonds. The molecule has 0 fully saturated rings. The lowest BCUT2D eigenvalue weighted by atomic mass is 10.1. The molecule has 4 heteroatoms. The smallest absolute Gasteiger partial charge is 0.298 e. The molecule has 0 N–H and O–H groups in total. The Hall–Kier alpha value is -1.39. The molecule has 0 aliphatic carbocycles. The standard InChI is InChI=1S/C11H15NO2.C4H11N/c1-9(12(2)3)10-5-4-6-11(7-10)14-8-13;1-4-5(2)3/h4-9H,1-3H3;4H2,1-3H3. The monoisotopic (exact) mass is 266 g/mol. The Labute approximate surface area is 117 Å². The van der Waals surface area contributed by atoms with E-state index in [1.807, 2.05) is 32.3 Å². The van der Waals surface area contributed by atoms with E-state index in [9.17, 15) is 4.79 Å². The first-order valence-corrected chi connectivity index (χ1v) is 6.43. The number of rotatable bonds is 5. The van der Waals surface area contributed by atoms with Crippen LogP contribution < -0.4 is 4.74 Å². The highest BCUT2D eigenvalue weighted by molar-refractivity contribution is 5.45. The van der Waals surface area contributed by atoms with E-state index in [1.165, 1.54) is 0 Å². The molecule has 1 atom stereocenters. The third-order valence-corrected chi connectivity index (χ3v) is 2.93. The fourth-order valence-corrected chi connectivity index (χ4v) is 1.20. The van der Waals surface area contributed by atoms with Crippen molar-refractivity contribution in [3.63, 3.8) is 0 Å². The van der Waals surface area contributed by atoms with Gasteiger partial charge in [0.15, 0.2) is 0 Å². The van der Waals surface area contributed by atoms with Crippen molar-refractivity contribution >= 4 is 6.47 Å². The van der Waals surface area contributed by atoms with Crippen LogP contribution in [-0.4, -0.2) is 51.0 Å². The first-order valence-electron chi connectivity index (χ1n) is 6.43. The lowest BCUT2D eigenvalue weighted by molar-refractivity contribution is -0.120. The highest BCUT2D eigenvalue weighted by Crippen LogP contribution is 2.21. The molecule has 1 aromatic rings. The highest BCUT2D eigenvalue weighted by Gasteiger charge is 2.07. The maximum Gasteiger partial charge on any atom is 0.298 e. The van der Waals surface area contributed by atoms with Crippen molar-refractivity contribution in [2.45, 2.75) is 19.9 Å².